The molecule has 25 heavy (non-hydrogen) atoms. The van der Waals surface area contributed by atoms with Crippen LogP contribution in [0.1, 0.15) is 65.7 Å². The minimum Gasteiger partial charge on any atom is -0.391 e. The Balaban J connectivity index is 0.000000194. The van der Waals surface area contributed by atoms with Gasteiger partial charge in [0.15, 0.2) is 0 Å². The predicted molar refractivity (Wildman–Crippen MR) is 111 cm³/mol. The average Bonchev–Trinajstić information content (AvgIpc) is 3.24. The Morgan fingerprint density at radius 1 is 0.960 bits per heavy atom. The van der Waals surface area contributed by atoms with Crippen molar-refractivity contribution >= 4 is 10.0 Å². The molecule has 0 radical (unpaired) electrons. The molecule has 0 amide bonds. The summed E-state index contributed by atoms with van der Waals surface area (Å²) < 4.78 is 0. The van der Waals surface area contributed by atoms with E-state index in [1.807, 2.05) is 0 Å². The summed E-state index contributed by atoms with van der Waals surface area (Å²) in [5.74, 6) is 4.85. The molecular formula is C20H42N2O2S. The number of hydrogen-bond donors (Lipinski definition) is 4. The molecule has 2 heterocycles. The highest BCUT2D eigenvalue weighted by atomic mass is 32.3. The van der Waals surface area contributed by atoms with Gasteiger partial charge in [0.25, 0.3) is 0 Å². The van der Waals surface area contributed by atoms with E-state index in [1.165, 1.54) is 42.9 Å². The third kappa shape index (κ3) is 5.58. The van der Waals surface area contributed by atoms with E-state index in [9.17, 15) is 10.2 Å². The molecule has 1 saturated carbocycles. The van der Waals surface area contributed by atoms with E-state index in [4.69, 9.17) is 0 Å². The van der Waals surface area contributed by atoms with Gasteiger partial charge in [-0.15, -0.1) is 0 Å². The molecule has 0 bridgehead atoms. The first-order chi connectivity index (χ1) is 12.0. The Bertz CT molecular complexity index is 366. The molecule has 3 aliphatic rings. The van der Waals surface area contributed by atoms with Gasteiger partial charge in [0.2, 0.25) is 0 Å². The molecule has 2 aliphatic heterocycles. The van der Waals surface area contributed by atoms with E-state index in [1.54, 1.807) is 0 Å². The molecule has 5 heteroatoms. The van der Waals surface area contributed by atoms with Gasteiger partial charge in [-0.05, 0) is 62.5 Å². The third-order valence-corrected chi connectivity index (χ3v) is 11.6. The summed E-state index contributed by atoms with van der Waals surface area (Å²) in [6.45, 7) is 9.06. The zero-order valence-electron chi connectivity index (χ0n) is 16.7. The van der Waals surface area contributed by atoms with Gasteiger partial charge < -0.3 is 20.8 Å². The zero-order chi connectivity index (χ0) is 18.3. The number of aliphatic hydroxyl groups is 2. The van der Waals surface area contributed by atoms with Crippen molar-refractivity contribution in [1.82, 2.24) is 10.6 Å². The maximum Gasteiger partial charge on any atom is 0.0800 e. The van der Waals surface area contributed by atoms with E-state index in [2.05, 4.69) is 31.4 Å². The van der Waals surface area contributed by atoms with Gasteiger partial charge in [-0.3, -0.25) is 0 Å². The molecule has 4 N–H and O–H groups in total. The molecule has 4 nitrogen and oxygen atoms in total. The Kier molecular flexibility index (Phi) is 8.54. The zero-order valence-corrected chi connectivity index (χ0v) is 17.5. The van der Waals surface area contributed by atoms with Crippen LogP contribution in [0, 0.1) is 0 Å². The first kappa shape index (κ1) is 21.5. The third-order valence-electron chi connectivity index (χ3n) is 6.87. The highest BCUT2D eigenvalue weighted by molar-refractivity contribution is 8.33. The second-order valence-corrected chi connectivity index (χ2v) is 12.6. The Morgan fingerprint density at radius 2 is 1.56 bits per heavy atom. The van der Waals surface area contributed by atoms with E-state index in [0.29, 0.717) is 12.1 Å². The van der Waals surface area contributed by atoms with Crippen LogP contribution in [0.3, 0.4) is 0 Å². The molecule has 0 aromatic rings. The number of rotatable bonds is 7. The van der Waals surface area contributed by atoms with Gasteiger partial charge in [0.1, 0.15) is 0 Å². The summed E-state index contributed by atoms with van der Waals surface area (Å²) in [6, 6.07) is 0.802. The van der Waals surface area contributed by atoms with Crippen LogP contribution >= 0.6 is 10.0 Å². The summed E-state index contributed by atoms with van der Waals surface area (Å²) in [6.07, 6.45) is 7.93. The molecule has 0 aromatic heterocycles. The van der Waals surface area contributed by atoms with Crippen LogP contribution in [0.15, 0.2) is 0 Å². The van der Waals surface area contributed by atoms with Crippen molar-refractivity contribution in [2.75, 3.05) is 36.1 Å². The minimum atomic E-state index is -0.537. The monoisotopic (exact) mass is 374 g/mol. The van der Waals surface area contributed by atoms with Crippen LogP contribution in [0.5, 0.6) is 0 Å². The number of aliphatic hydroxyl groups excluding tert-OH is 1. The average molecular weight is 375 g/mol. The number of nitrogens with one attached hydrogen (secondary N) is 2. The quantitative estimate of drug-likeness (QED) is 0.553. The molecule has 3 unspecified atom stereocenters. The van der Waals surface area contributed by atoms with Crippen LogP contribution in [0.25, 0.3) is 0 Å². The SMILES string of the molecule is CCS(CC)(CC)CC(O)C1CCCN1.OC1(C2CCN2)CCCC1. The van der Waals surface area contributed by atoms with Crippen LogP contribution in [-0.2, 0) is 0 Å². The van der Waals surface area contributed by atoms with E-state index in [0.717, 1.165) is 38.1 Å². The fourth-order valence-electron chi connectivity index (χ4n) is 4.57. The summed E-state index contributed by atoms with van der Waals surface area (Å²) in [4.78, 5) is 0. The van der Waals surface area contributed by atoms with Crippen molar-refractivity contribution in [1.29, 1.82) is 0 Å². The van der Waals surface area contributed by atoms with Crippen LogP contribution < -0.4 is 10.6 Å². The molecule has 0 aromatic carbocycles. The summed E-state index contributed by atoms with van der Waals surface area (Å²) in [5, 5.41) is 26.9. The van der Waals surface area contributed by atoms with Gasteiger partial charge in [0, 0.05) is 17.8 Å². The standard InChI is InChI=1S/C12H27NOS.C8H15NO/c1-4-15(5-2,6-3)10-12(14)11-8-7-9-13-11;10-8(4-1-2-5-8)7-3-6-9-7/h11-14H,4-10H2,1-3H3;7,9-10H,1-6H2. The molecule has 150 valence electrons. The van der Waals surface area contributed by atoms with E-state index < -0.39 is 10.0 Å². The van der Waals surface area contributed by atoms with Gasteiger partial charge >= 0.3 is 0 Å². The van der Waals surface area contributed by atoms with Crippen LogP contribution in [0.4, 0.5) is 0 Å². The van der Waals surface area contributed by atoms with Gasteiger partial charge in [-0.25, -0.2) is 10.0 Å². The Labute approximate surface area is 156 Å². The normalized spacial score (nSPS) is 30.3. The van der Waals surface area contributed by atoms with Crippen molar-refractivity contribution in [3.05, 3.63) is 0 Å². The van der Waals surface area contributed by atoms with Crippen molar-refractivity contribution in [2.45, 2.75) is 89.5 Å². The van der Waals surface area contributed by atoms with Crippen molar-refractivity contribution < 1.29 is 10.2 Å². The molecule has 0 spiro atoms. The minimum absolute atomic E-state index is 0.109. The topological polar surface area (TPSA) is 64.5 Å². The smallest absolute Gasteiger partial charge is 0.0800 e. The van der Waals surface area contributed by atoms with E-state index >= 15 is 0 Å². The lowest BCUT2D eigenvalue weighted by molar-refractivity contribution is -0.0147. The van der Waals surface area contributed by atoms with Crippen molar-refractivity contribution in [2.24, 2.45) is 0 Å². The molecule has 3 rings (SSSR count). The van der Waals surface area contributed by atoms with E-state index in [-0.39, 0.29) is 11.7 Å². The number of hydrogen-bond acceptors (Lipinski definition) is 4. The van der Waals surface area contributed by atoms with Gasteiger partial charge in [0.05, 0.1) is 11.7 Å². The lowest BCUT2D eigenvalue weighted by Crippen LogP contribution is -2.57. The second kappa shape index (κ2) is 9.93. The van der Waals surface area contributed by atoms with Crippen molar-refractivity contribution in [3.8, 4) is 0 Å². The lowest BCUT2D eigenvalue weighted by Gasteiger charge is -2.40. The molecule has 3 fully saturated rings. The maximum atomic E-state index is 10.2. The van der Waals surface area contributed by atoms with Crippen molar-refractivity contribution in [3.63, 3.8) is 0 Å². The fourth-order valence-corrected chi connectivity index (χ4v) is 7.46. The summed E-state index contributed by atoms with van der Waals surface area (Å²) >= 11 is 0. The highest BCUT2D eigenvalue weighted by Crippen LogP contribution is 2.47. The summed E-state index contributed by atoms with van der Waals surface area (Å²) in [5.41, 5.74) is -0.321. The molecular weight excluding hydrogens is 332 g/mol. The largest absolute Gasteiger partial charge is 0.391 e. The molecule has 3 atom stereocenters. The Morgan fingerprint density at radius 3 is 1.96 bits per heavy atom. The summed E-state index contributed by atoms with van der Waals surface area (Å²) in [7, 11) is -0.537. The lowest BCUT2D eigenvalue weighted by atomic mass is 9.86. The molecule has 1 aliphatic carbocycles. The highest BCUT2D eigenvalue weighted by Gasteiger charge is 2.41. The molecule has 2 saturated heterocycles. The fraction of sp³-hybridized carbons (Fsp3) is 1.00. The van der Waals surface area contributed by atoms with Gasteiger partial charge in [-0.1, -0.05) is 33.6 Å². The first-order valence-electron chi connectivity index (χ1n) is 10.6. The van der Waals surface area contributed by atoms with Crippen LogP contribution in [0.2, 0.25) is 0 Å². The second-order valence-electron chi connectivity index (χ2n) is 8.13. The Hall–Kier alpha value is 0.190. The first-order valence-corrected chi connectivity index (χ1v) is 12.9. The predicted octanol–water partition coefficient (Wildman–Crippen LogP) is 2.62. The van der Waals surface area contributed by atoms with Gasteiger partial charge in [-0.2, -0.15) is 0 Å². The van der Waals surface area contributed by atoms with Crippen LogP contribution in [-0.4, -0.2) is 70.1 Å². The maximum absolute atomic E-state index is 10.2.